The van der Waals surface area contributed by atoms with Crippen molar-refractivity contribution in [2.45, 2.75) is 25.8 Å². The second kappa shape index (κ2) is 4.06. The van der Waals surface area contributed by atoms with Gasteiger partial charge in [-0.15, -0.1) is 0 Å². The van der Waals surface area contributed by atoms with Gasteiger partial charge in [0.05, 0.1) is 5.69 Å². The van der Waals surface area contributed by atoms with Crippen LogP contribution in [-0.2, 0) is 6.54 Å². The summed E-state index contributed by atoms with van der Waals surface area (Å²) in [4.78, 5) is 6.69. The van der Waals surface area contributed by atoms with Crippen molar-refractivity contribution in [3.05, 3.63) is 24.0 Å². The molecule has 1 N–H and O–H groups in total. The molecular formula is C13H18N2O. The van der Waals surface area contributed by atoms with Gasteiger partial charge >= 0.3 is 0 Å². The van der Waals surface area contributed by atoms with Gasteiger partial charge in [0.2, 0.25) is 0 Å². The van der Waals surface area contributed by atoms with E-state index in [1.54, 1.807) is 18.3 Å². The summed E-state index contributed by atoms with van der Waals surface area (Å²) in [5.41, 5.74) is 0.822. The van der Waals surface area contributed by atoms with Gasteiger partial charge in [-0.2, -0.15) is 0 Å². The zero-order valence-corrected chi connectivity index (χ0v) is 9.47. The third-order valence-corrected chi connectivity index (χ3v) is 4.04. The Morgan fingerprint density at radius 2 is 2.06 bits per heavy atom. The Hall–Kier alpha value is -1.09. The molecule has 0 aromatic carbocycles. The highest BCUT2D eigenvalue weighted by molar-refractivity contribution is 5.24. The van der Waals surface area contributed by atoms with Gasteiger partial charge in [-0.3, -0.25) is 9.88 Å². The summed E-state index contributed by atoms with van der Waals surface area (Å²) in [6, 6.07) is 3.50. The summed E-state index contributed by atoms with van der Waals surface area (Å²) in [6.45, 7) is 3.20. The predicted molar refractivity (Wildman–Crippen MR) is 62.0 cm³/mol. The Kier molecular flexibility index (Phi) is 2.56. The molecule has 3 nitrogen and oxygen atoms in total. The molecule has 1 saturated heterocycles. The number of hydrogen-bond acceptors (Lipinski definition) is 3. The highest BCUT2D eigenvalue weighted by atomic mass is 16.3. The second-order valence-electron chi connectivity index (χ2n) is 5.11. The fourth-order valence-corrected chi connectivity index (χ4v) is 3.22. The summed E-state index contributed by atoms with van der Waals surface area (Å²) in [6.07, 6.45) is 5.97. The average Bonchev–Trinajstić information content (AvgIpc) is 2.81. The third-order valence-electron chi connectivity index (χ3n) is 4.04. The molecule has 0 spiro atoms. The molecule has 3 heteroatoms. The van der Waals surface area contributed by atoms with Crippen molar-refractivity contribution < 1.29 is 5.11 Å². The lowest BCUT2D eigenvalue weighted by Crippen LogP contribution is -2.21. The molecule has 86 valence electrons. The number of hydrogen-bond donors (Lipinski definition) is 1. The molecule has 0 amide bonds. The minimum absolute atomic E-state index is 0.333. The topological polar surface area (TPSA) is 36.4 Å². The van der Waals surface area contributed by atoms with Crippen LogP contribution in [0.2, 0.25) is 0 Å². The maximum atomic E-state index is 9.68. The summed E-state index contributed by atoms with van der Waals surface area (Å²) < 4.78 is 0. The van der Waals surface area contributed by atoms with Crippen LogP contribution in [0.1, 0.15) is 25.0 Å². The maximum Gasteiger partial charge on any atom is 0.138 e. The molecule has 1 aromatic heterocycles. The highest BCUT2D eigenvalue weighted by Gasteiger charge is 2.36. The van der Waals surface area contributed by atoms with Gasteiger partial charge in [0.25, 0.3) is 0 Å². The summed E-state index contributed by atoms with van der Waals surface area (Å²) in [7, 11) is 0. The molecule has 1 aliphatic heterocycles. The van der Waals surface area contributed by atoms with Crippen molar-refractivity contribution in [2.24, 2.45) is 11.8 Å². The molecule has 2 aliphatic rings. The zero-order chi connectivity index (χ0) is 11.0. The normalized spacial score (nSPS) is 29.5. The standard InChI is InChI=1S/C13H18N2O/c16-13-5-2-6-14-12(13)9-15-7-10-3-1-4-11(10)8-15/h2,5-6,10-11,16H,1,3-4,7-9H2. The first-order chi connectivity index (χ1) is 7.83. The van der Waals surface area contributed by atoms with Crippen LogP contribution >= 0.6 is 0 Å². The van der Waals surface area contributed by atoms with Crippen LogP contribution in [-0.4, -0.2) is 28.1 Å². The Morgan fingerprint density at radius 3 is 2.75 bits per heavy atom. The van der Waals surface area contributed by atoms with E-state index < -0.39 is 0 Å². The van der Waals surface area contributed by atoms with Crippen molar-refractivity contribution >= 4 is 0 Å². The SMILES string of the molecule is Oc1cccnc1CN1CC2CCCC2C1. The van der Waals surface area contributed by atoms with E-state index >= 15 is 0 Å². The number of fused-ring (bicyclic) bond motifs is 1. The Bertz CT molecular complexity index is 368. The monoisotopic (exact) mass is 218 g/mol. The molecule has 2 heterocycles. The largest absolute Gasteiger partial charge is 0.506 e. The fraction of sp³-hybridized carbons (Fsp3) is 0.615. The van der Waals surface area contributed by atoms with Gasteiger partial charge < -0.3 is 5.11 Å². The van der Waals surface area contributed by atoms with E-state index in [-0.39, 0.29) is 0 Å². The predicted octanol–water partition coefficient (Wildman–Crippen LogP) is 2.02. The molecule has 3 rings (SSSR count). The van der Waals surface area contributed by atoms with Crippen LogP contribution in [0, 0.1) is 11.8 Å². The zero-order valence-electron chi connectivity index (χ0n) is 9.47. The lowest BCUT2D eigenvalue weighted by Gasteiger charge is -2.16. The van der Waals surface area contributed by atoms with E-state index in [1.165, 1.54) is 32.4 Å². The first-order valence-electron chi connectivity index (χ1n) is 6.18. The first kappa shape index (κ1) is 10.1. The first-order valence-corrected chi connectivity index (χ1v) is 6.18. The highest BCUT2D eigenvalue weighted by Crippen LogP contribution is 2.38. The van der Waals surface area contributed by atoms with E-state index in [9.17, 15) is 5.11 Å². The van der Waals surface area contributed by atoms with Gasteiger partial charge in [-0.25, -0.2) is 0 Å². The molecule has 1 aliphatic carbocycles. The van der Waals surface area contributed by atoms with E-state index in [1.807, 2.05) is 0 Å². The van der Waals surface area contributed by atoms with Crippen molar-refractivity contribution in [3.63, 3.8) is 0 Å². The van der Waals surface area contributed by atoms with Crippen molar-refractivity contribution in [1.82, 2.24) is 9.88 Å². The molecule has 0 radical (unpaired) electrons. The minimum atomic E-state index is 0.333. The second-order valence-corrected chi connectivity index (χ2v) is 5.11. The van der Waals surface area contributed by atoms with Crippen LogP contribution in [0.15, 0.2) is 18.3 Å². The summed E-state index contributed by atoms with van der Waals surface area (Å²) >= 11 is 0. The number of nitrogens with zero attached hydrogens (tertiary/aromatic N) is 2. The molecule has 0 bridgehead atoms. The quantitative estimate of drug-likeness (QED) is 0.825. The van der Waals surface area contributed by atoms with E-state index in [0.29, 0.717) is 5.75 Å². The Balaban J connectivity index is 1.66. The number of pyridine rings is 1. The number of rotatable bonds is 2. The van der Waals surface area contributed by atoms with E-state index in [2.05, 4.69) is 9.88 Å². The molecular weight excluding hydrogens is 200 g/mol. The summed E-state index contributed by atoms with van der Waals surface area (Å²) in [5.74, 6) is 2.15. The number of aromatic nitrogens is 1. The van der Waals surface area contributed by atoms with Crippen LogP contribution in [0.3, 0.4) is 0 Å². The lowest BCUT2D eigenvalue weighted by molar-refractivity contribution is 0.294. The molecule has 2 atom stereocenters. The van der Waals surface area contributed by atoms with Gasteiger partial charge in [0, 0.05) is 25.8 Å². The molecule has 16 heavy (non-hydrogen) atoms. The van der Waals surface area contributed by atoms with Gasteiger partial charge in [0.1, 0.15) is 5.75 Å². The molecule has 2 unspecified atom stereocenters. The average molecular weight is 218 g/mol. The van der Waals surface area contributed by atoms with Crippen LogP contribution in [0.5, 0.6) is 5.75 Å². The molecule has 2 fully saturated rings. The van der Waals surface area contributed by atoms with Crippen LogP contribution in [0.4, 0.5) is 0 Å². The minimum Gasteiger partial charge on any atom is -0.506 e. The molecule has 1 saturated carbocycles. The fourth-order valence-electron chi connectivity index (χ4n) is 3.22. The maximum absolute atomic E-state index is 9.68. The van der Waals surface area contributed by atoms with E-state index in [4.69, 9.17) is 0 Å². The van der Waals surface area contributed by atoms with Crippen molar-refractivity contribution in [2.75, 3.05) is 13.1 Å². The van der Waals surface area contributed by atoms with Gasteiger partial charge in [-0.1, -0.05) is 6.42 Å². The smallest absolute Gasteiger partial charge is 0.138 e. The van der Waals surface area contributed by atoms with E-state index in [0.717, 1.165) is 24.1 Å². The van der Waals surface area contributed by atoms with Gasteiger partial charge in [0.15, 0.2) is 0 Å². The molecule has 1 aromatic rings. The van der Waals surface area contributed by atoms with Crippen molar-refractivity contribution in [3.8, 4) is 5.75 Å². The van der Waals surface area contributed by atoms with Gasteiger partial charge in [-0.05, 0) is 36.8 Å². The van der Waals surface area contributed by atoms with Crippen LogP contribution < -0.4 is 0 Å². The Labute approximate surface area is 96.1 Å². The Morgan fingerprint density at radius 1 is 1.31 bits per heavy atom. The third kappa shape index (κ3) is 1.80. The lowest BCUT2D eigenvalue weighted by atomic mass is 10.0. The summed E-state index contributed by atoms with van der Waals surface area (Å²) in [5, 5.41) is 9.68. The van der Waals surface area contributed by atoms with Crippen molar-refractivity contribution in [1.29, 1.82) is 0 Å². The van der Waals surface area contributed by atoms with Crippen LogP contribution in [0.25, 0.3) is 0 Å². The number of aromatic hydroxyl groups is 1. The number of likely N-dealkylation sites (tertiary alicyclic amines) is 1.